The van der Waals surface area contributed by atoms with E-state index in [2.05, 4.69) is 38.4 Å². The van der Waals surface area contributed by atoms with Crippen molar-refractivity contribution >= 4 is 5.69 Å². The Balaban J connectivity index is 1.54. The van der Waals surface area contributed by atoms with Gasteiger partial charge in [0.25, 0.3) is 0 Å². The zero-order chi connectivity index (χ0) is 17.8. The second kappa shape index (κ2) is 7.54. The predicted molar refractivity (Wildman–Crippen MR) is 103 cm³/mol. The SMILES string of the molecule is COc1ccc(-c2cc3c(cn2)CN(Cc2ccncc2)CCN3)cc1. The van der Waals surface area contributed by atoms with Gasteiger partial charge in [0, 0.05) is 61.6 Å². The second-order valence-corrected chi connectivity index (χ2v) is 6.45. The van der Waals surface area contributed by atoms with E-state index in [1.165, 1.54) is 16.8 Å². The lowest BCUT2D eigenvalue weighted by Crippen LogP contribution is -2.25. The van der Waals surface area contributed by atoms with Gasteiger partial charge in [-0.05, 0) is 48.0 Å². The number of hydrogen-bond acceptors (Lipinski definition) is 5. The summed E-state index contributed by atoms with van der Waals surface area (Å²) in [5, 5.41) is 3.55. The molecule has 0 amide bonds. The van der Waals surface area contributed by atoms with Crippen LogP contribution in [0.2, 0.25) is 0 Å². The summed E-state index contributed by atoms with van der Waals surface area (Å²) in [4.78, 5) is 11.2. The highest BCUT2D eigenvalue weighted by atomic mass is 16.5. The Morgan fingerprint density at radius 1 is 1.12 bits per heavy atom. The quantitative estimate of drug-likeness (QED) is 0.782. The molecule has 3 aromatic rings. The first-order valence-corrected chi connectivity index (χ1v) is 8.80. The van der Waals surface area contributed by atoms with E-state index in [0.29, 0.717) is 0 Å². The molecule has 0 saturated carbocycles. The summed E-state index contributed by atoms with van der Waals surface area (Å²) in [7, 11) is 1.68. The molecule has 1 aromatic carbocycles. The highest BCUT2D eigenvalue weighted by molar-refractivity contribution is 5.66. The normalized spacial score (nSPS) is 14.2. The average Bonchev–Trinajstić information content (AvgIpc) is 2.90. The van der Waals surface area contributed by atoms with Gasteiger partial charge in [0.15, 0.2) is 0 Å². The lowest BCUT2D eigenvalue weighted by atomic mass is 10.1. The van der Waals surface area contributed by atoms with Crippen LogP contribution in [0, 0.1) is 0 Å². The van der Waals surface area contributed by atoms with E-state index >= 15 is 0 Å². The molecule has 3 heterocycles. The Labute approximate surface area is 153 Å². The summed E-state index contributed by atoms with van der Waals surface area (Å²) in [5.41, 5.74) is 5.75. The van der Waals surface area contributed by atoms with Crippen LogP contribution in [0.1, 0.15) is 11.1 Å². The van der Waals surface area contributed by atoms with E-state index in [4.69, 9.17) is 4.74 Å². The first kappa shape index (κ1) is 16.5. The summed E-state index contributed by atoms with van der Waals surface area (Å²) in [5.74, 6) is 0.855. The van der Waals surface area contributed by atoms with Crippen LogP contribution in [-0.2, 0) is 13.1 Å². The minimum absolute atomic E-state index is 0.855. The van der Waals surface area contributed by atoms with Gasteiger partial charge >= 0.3 is 0 Å². The zero-order valence-corrected chi connectivity index (χ0v) is 14.9. The van der Waals surface area contributed by atoms with Gasteiger partial charge in [-0.25, -0.2) is 0 Å². The van der Waals surface area contributed by atoms with Crippen molar-refractivity contribution in [2.45, 2.75) is 13.1 Å². The molecule has 1 aliphatic rings. The number of anilines is 1. The smallest absolute Gasteiger partial charge is 0.118 e. The van der Waals surface area contributed by atoms with E-state index in [1.807, 2.05) is 42.9 Å². The first-order valence-electron chi connectivity index (χ1n) is 8.80. The molecule has 2 aromatic heterocycles. The van der Waals surface area contributed by atoms with E-state index in [1.54, 1.807) is 7.11 Å². The Bertz CT molecular complexity index is 865. The van der Waals surface area contributed by atoms with Gasteiger partial charge in [-0.2, -0.15) is 0 Å². The Morgan fingerprint density at radius 3 is 2.69 bits per heavy atom. The van der Waals surface area contributed by atoms with Gasteiger partial charge in [-0.1, -0.05) is 0 Å². The largest absolute Gasteiger partial charge is 0.497 e. The minimum atomic E-state index is 0.855. The molecule has 0 radical (unpaired) electrons. The van der Waals surface area contributed by atoms with Gasteiger partial charge in [-0.15, -0.1) is 0 Å². The number of aromatic nitrogens is 2. The molecule has 1 aliphatic heterocycles. The van der Waals surface area contributed by atoms with Crippen LogP contribution in [0.3, 0.4) is 0 Å². The van der Waals surface area contributed by atoms with Crippen LogP contribution in [0.4, 0.5) is 5.69 Å². The lowest BCUT2D eigenvalue weighted by Gasteiger charge is -2.19. The van der Waals surface area contributed by atoms with Crippen molar-refractivity contribution in [1.82, 2.24) is 14.9 Å². The number of methoxy groups -OCH3 is 1. The van der Waals surface area contributed by atoms with E-state index in [-0.39, 0.29) is 0 Å². The maximum Gasteiger partial charge on any atom is 0.118 e. The van der Waals surface area contributed by atoms with Crippen molar-refractivity contribution < 1.29 is 4.74 Å². The van der Waals surface area contributed by atoms with Crippen LogP contribution in [0.5, 0.6) is 5.75 Å². The molecule has 0 spiro atoms. The Kier molecular flexibility index (Phi) is 4.80. The second-order valence-electron chi connectivity index (χ2n) is 6.45. The standard InChI is InChI=1S/C21H22N4O/c1-26-19-4-2-17(3-5-19)20-12-21-18(13-24-20)15-25(11-10-23-21)14-16-6-8-22-9-7-16/h2-9,12-13,23H,10-11,14-15H2,1H3. The predicted octanol–water partition coefficient (Wildman–Crippen LogP) is 3.58. The zero-order valence-electron chi connectivity index (χ0n) is 14.9. The summed E-state index contributed by atoms with van der Waals surface area (Å²) in [6.07, 6.45) is 5.69. The number of fused-ring (bicyclic) bond motifs is 1. The van der Waals surface area contributed by atoms with Crippen molar-refractivity contribution in [2.75, 3.05) is 25.5 Å². The third kappa shape index (κ3) is 3.68. The number of hydrogen-bond donors (Lipinski definition) is 1. The number of benzene rings is 1. The van der Waals surface area contributed by atoms with Crippen LogP contribution < -0.4 is 10.1 Å². The number of ether oxygens (including phenoxy) is 1. The van der Waals surface area contributed by atoms with E-state index in [9.17, 15) is 0 Å². The number of nitrogens with one attached hydrogen (secondary N) is 1. The molecule has 0 unspecified atom stereocenters. The molecule has 0 aliphatic carbocycles. The van der Waals surface area contributed by atoms with Crippen LogP contribution in [0.25, 0.3) is 11.3 Å². The average molecular weight is 346 g/mol. The molecule has 4 rings (SSSR count). The summed E-state index contributed by atoms with van der Waals surface area (Å²) in [6, 6.07) is 14.3. The van der Waals surface area contributed by atoms with Crippen molar-refractivity contribution in [3.63, 3.8) is 0 Å². The third-order valence-corrected chi connectivity index (χ3v) is 4.67. The monoisotopic (exact) mass is 346 g/mol. The summed E-state index contributed by atoms with van der Waals surface area (Å²) < 4.78 is 5.23. The van der Waals surface area contributed by atoms with Crippen molar-refractivity contribution in [1.29, 1.82) is 0 Å². The van der Waals surface area contributed by atoms with Gasteiger partial charge in [0.1, 0.15) is 5.75 Å². The maximum atomic E-state index is 5.23. The van der Waals surface area contributed by atoms with Crippen molar-refractivity contribution in [2.24, 2.45) is 0 Å². The van der Waals surface area contributed by atoms with E-state index < -0.39 is 0 Å². The van der Waals surface area contributed by atoms with Gasteiger partial charge in [0.05, 0.1) is 12.8 Å². The van der Waals surface area contributed by atoms with E-state index in [0.717, 1.165) is 43.2 Å². The molecule has 0 atom stereocenters. The summed E-state index contributed by atoms with van der Waals surface area (Å²) in [6.45, 7) is 3.73. The van der Waals surface area contributed by atoms with Gasteiger partial charge in [0.2, 0.25) is 0 Å². The molecule has 132 valence electrons. The number of pyridine rings is 2. The fourth-order valence-electron chi connectivity index (χ4n) is 3.24. The van der Waals surface area contributed by atoms with Crippen molar-refractivity contribution in [3.8, 4) is 17.0 Å². The molecule has 0 saturated heterocycles. The number of nitrogens with zero attached hydrogens (tertiary/aromatic N) is 3. The fraction of sp³-hybridized carbons (Fsp3) is 0.238. The molecule has 0 fully saturated rings. The third-order valence-electron chi connectivity index (χ3n) is 4.67. The molecule has 1 N–H and O–H groups in total. The number of rotatable bonds is 4. The topological polar surface area (TPSA) is 50.3 Å². The highest BCUT2D eigenvalue weighted by Crippen LogP contribution is 2.27. The van der Waals surface area contributed by atoms with Gasteiger partial charge < -0.3 is 10.1 Å². The lowest BCUT2D eigenvalue weighted by molar-refractivity contribution is 0.271. The maximum absolute atomic E-state index is 5.23. The van der Waals surface area contributed by atoms with Gasteiger partial charge in [-0.3, -0.25) is 14.9 Å². The Hall–Kier alpha value is -2.92. The Morgan fingerprint density at radius 2 is 1.92 bits per heavy atom. The molecular formula is C21H22N4O. The highest BCUT2D eigenvalue weighted by Gasteiger charge is 2.15. The van der Waals surface area contributed by atoms with Crippen LogP contribution >= 0.6 is 0 Å². The molecule has 5 heteroatoms. The minimum Gasteiger partial charge on any atom is -0.497 e. The molecule has 0 bridgehead atoms. The molecular weight excluding hydrogens is 324 g/mol. The fourth-order valence-corrected chi connectivity index (χ4v) is 3.24. The molecule has 26 heavy (non-hydrogen) atoms. The molecule has 5 nitrogen and oxygen atoms in total. The first-order chi connectivity index (χ1) is 12.8. The summed E-state index contributed by atoms with van der Waals surface area (Å²) >= 11 is 0. The van der Waals surface area contributed by atoms with Crippen LogP contribution in [0.15, 0.2) is 61.1 Å². The van der Waals surface area contributed by atoms with Crippen molar-refractivity contribution in [3.05, 3.63) is 72.2 Å². The van der Waals surface area contributed by atoms with Crippen LogP contribution in [-0.4, -0.2) is 35.1 Å².